The monoisotopic (exact) mass is 269 g/mol. The van der Waals surface area contributed by atoms with Crippen molar-refractivity contribution >= 4 is 5.91 Å². The summed E-state index contributed by atoms with van der Waals surface area (Å²) in [6, 6.07) is 0.270. The van der Waals surface area contributed by atoms with Gasteiger partial charge < -0.3 is 11.1 Å². The zero-order valence-electron chi connectivity index (χ0n) is 13.0. The molecule has 0 saturated carbocycles. The normalized spacial score (nSPS) is 26.4. The average Bonchev–Trinajstić information content (AvgIpc) is 2.44. The van der Waals surface area contributed by atoms with Gasteiger partial charge in [0.25, 0.3) is 0 Å². The van der Waals surface area contributed by atoms with Crippen LogP contribution < -0.4 is 11.1 Å². The number of nitrogens with zero attached hydrogens (tertiary/aromatic N) is 1. The van der Waals surface area contributed by atoms with Crippen molar-refractivity contribution in [1.29, 1.82) is 0 Å². The molecule has 3 unspecified atom stereocenters. The Morgan fingerprint density at radius 2 is 2.05 bits per heavy atom. The fourth-order valence-electron chi connectivity index (χ4n) is 2.82. The summed E-state index contributed by atoms with van der Waals surface area (Å²) in [5.74, 6) is 1.37. The fourth-order valence-corrected chi connectivity index (χ4v) is 2.82. The van der Waals surface area contributed by atoms with Crippen molar-refractivity contribution in [3.05, 3.63) is 0 Å². The second kappa shape index (κ2) is 7.85. The molecule has 4 nitrogen and oxygen atoms in total. The number of amides is 1. The molecule has 0 aromatic rings. The molecule has 1 amide bonds. The molecule has 3 N–H and O–H groups in total. The van der Waals surface area contributed by atoms with E-state index in [1.54, 1.807) is 0 Å². The molecule has 3 atom stereocenters. The van der Waals surface area contributed by atoms with Crippen LogP contribution in [-0.4, -0.2) is 42.5 Å². The second-order valence-corrected chi connectivity index (χ2v) is 5.95. The standard InChI is InChI=1S/C15H31N3O/c1-5-14(6-2)17-15(19)12(4)18-8-7-11(3)13(9-16)10-18/h11-14H,5-10,16H2,1-4H3,(H,17,19). The summed E-state index contributed by atoms with van der Waals surface area (Å²) in [7, 11) is 0. The minimum atomic E-state index is -0.0397. The van der Waals surface area contributed by atoms with Gasteiger partial charge in [0.1, 0.15) is 0 Å². The number of rotatable bonds is 6. The molecule has 4 heteroatoms. The highest BCUT2D eigenvalue weighted by Crippen LogP contribution is 2.23. The van der Waals surface area contributed by atoms with Gasteiger partial charge in [-0.2, -0.15) is 0 Å². The lowest BCUT2D eigenvalue weighted by Crippen LogP contribution is -2.53. The van der Waals surface area contributed by atoms with Crippen LogP contribution in [0.2, 0.25) is 0 Å². The number of carbonyl (C=O) groups excluding carboxylic acids is 1. The molecule has 1 aliphatic rings. The Morgan fingerprint density at radius 3 is 2.58 bits per heavy atom. The van der Waals surface area contributed by atoms with E-state index in [2.05, 4.69) is 31.0 Å². The maximum Gasteiger partial charge on any atom is 0.237 e. The van der Waals surface area contributed by atoms with Crippen molar-refractivity contribution < 1.29 is 4.79 Å². The Kier molecular flexibility index (Phi) is 6.80. The predicted molar refractivity (Wildman–Crippen MR) is 79.9 cm³/mol. The molecule has 0 spiro atoms. The van der Waals surface area contributed by atoms with E-state index in [-0.39, 0.29) is 11.9 Å². The van der Waals surface area contributed by atoms with Crippen LogP contribution in [0, 0.1) is 11.8 Å². The van der Waals surface area contributed by atoms with E-state index in [1.165, 1.54) is 0 Å². The van der Waals surface area contributed by atoms with Gasteiger partial charge in [0, 0.05) is 12.6 Å². The van der Waals surface area contributed by atoms with Gasteiger partial charge in [-0.25, -0.2) is 0 Å². The zero-order valence-corrected chi connectivity index (χ0v) is 13.0. The van der Waals surface area contributed by atoms with Gasteiger partial charge in [-0.1, -0.05) is 20.8 Å². The first-order chi connectivity index (χ1) is 9.03. The van der Waals surface area contributed by atoms with Gasteiger partial charge in [0.2, 0.25) is 5.91 Å². The van der Waals surface area contributed by atoms with Crippen LogP contribution in [0.5, 0.6) is 0 Å². The summed E-state index contributed by atoms with van der Waals surface area (Å²) >= 11 is 0. The number of nitrogens with one attached hydrogen (secondary N) is 1. The molecule has 112 valence electrons. The van der Waals surface area contributed by atoms with E-state index in [4.69, 9.17) is 5.73 Å². The Balaban J connectivity index is 2.52. The number of likely N-dealkylation sites (tertiary alicyclic amines) is 1. The number of hydrogen-bond acceptors (Lipinski definition) is 3. The van der Waals surface area contributed by atoms with Gasteiger partial charge in [0.05, 0.1) is 6.04 Å². The SMILES string of the molecule is CCC(CC)NC(=O)C(C)N1CCC(C)C(CN)C1. The van der Waals surface area contributed by atoms with Gasteiger partial charge in [0.15, 0.2) is 0 Å². The Hall–Kier alpha value is -0.610. The van der Waals surface area contributed by atoms with E-state index in [1.807, 2.05) is 6.92 Å². The topological polar surface area (TPSA) is 58.4 Å². The van der Waals surface area contributed by atoms with E-state index in [9.17, 15) is 4.79 Å². The maximum absolute atomic E-state index is 12.3. The first-order valence-electron chi connectivity index (χ1n) is 7.77. The summed E-state index contributed by atoms with van der Waals surface area (Å²) in [6.45, 7) is 11.2. The fraction of sp³-hybridized carbons (Fsp3) is 0.933. The van der Waals surface area contributed by atoms with Crippen molar-refractivity contribution in [2.24, 2.45) is 17.6 Å². The molecule has 0 aromatic heterocycles. The highest BCUT2D eigenvalue weighted by molar-refractivity contribution is 5.81. The van der Waals surface area contributed by atoms with Crippen LogP contribution in [-0.2, 0) is 4.79 Å². The maximum atomic E-state index is 12.3. The average molecular weight is 269 g/mol. The van der Waals surface area contributed by atoms with Gasteiger partial charge in [-0.15, -0.1) is 0 Å². The third kappa shape index (κ3) is 4.46. The molecule has 1 rings (SSSR count). The Bertz CT molecular complexity index is 279. The lowest BCUT2D eigenvalue weighted by Gasteiger charge is -2.39. The molecule has 19 heavy (non-hydrogen) atoms. The quantitative estimate of drug-likeness (QED) is 0.770. The van der Waals surface area contributed by atoms with E-state index >= 15 is 0 Å². The van der Waals surface area contributed by atoms with E-state index < -0.39 is 0 Å². The molecule has 1 fully saturated rings. The Morgan fingerprint density at radius 1 is 1.42 bits per heavy atom. The molecular weight excluding hydrogens is 238 g/mol. The number of nitrogens with two attached hydrogens (primary N) is 1. The first-order valence-corrected chi connectivity index (χ1v) is 7.77. The molecule has 0 aliphatic carbocycles. The number of carbonyl (C=O) groups is 1. The lowest BCUT2D eigenvalue weighted by molar-refractivity contribution is -0.127. The summed E-state index contributed by atoms with van der Waals surface area (Å²) in [5.41, 5.74) is 5.83. The van der Waals surface area contributed by atoms with Crippen molar-refractivity contribution in [3.63, 3.8) is 0 Å². The van der Waals surface area contributed by atoms with Gasteiger partial charge in [-0.05, 0) is 51.1 Å². The van der Waals surface area contributed by atoms with Crippen LogP contribution in [0.4, 0.5) is 0 Å². The van der Waals surface area contributed by atoms with Crippen LogP contribution in [0.3, 0.4) is 0 Å². The third-order valence-electron chi connectivity index (χ3n) is 4.71. The largest absolute Gasteiger partial charge is 0.352 e. The molecule has 1 heterocycles. The minimum absolute atomic E-state index is 0.0397. The first kappa shape index (κ1) is 16.4. The van der Waals surface area contributed by atoms with Gasteiger partial charge >= 0.3 is 0 Å². The highest BCUT2D eigenvalue weighted by atomic mass is 16.2. The highest BCUT2D eigenvalue weighted by Gasteiger charge is 2.30. The lowest BCUT2D eigenvalue weighted by atomic mass is 9.86. The zero-order chi connectivity index (χ0) is 14.4. The van der Waals surface area contributed by atoms with Crippen LogP contribution in [0.15, 0.2) is 0 Å². The smallest absolute Gasteiger partial charge is 0.237 e. The van der Waals surface area contributed by atoms with E-state index in [0.717, 1.165) is 38.9 Å². The summed E-state index contributed by atoms with van der Waals surface area (Å²) in [4.78, 5) is 14.5. The third-order valence-corrected chi connectivity index (χ3v) is 4.71. The molecule has 0 bridgehead atoms. The predicted octanol–water partition coefficient (Wildman–Crippen LogP) is 1.60. The molecule has 0 radical (unpaired) electrons. The molecule has 1 aliphatic heterocycles. The van der Waals surface area contributed by atoms with Crippen LogP contribution in [0.1, 0.15) is 47.0 Å². The molecule has 1 saturated heterocycles. The van der Waals surface area contributed by atoms with E-state index in [0.29, 0.717) is 17.9 Å². The molecular formula is C15H31N3O. The number of piperidine rings is 1. The Labute approximate surface area is 118 Å². The van der Waals surface area contributed by atoms with Crippen molar-refractivity contribution in [3.8, 4) is 0 Å². The minimum Gasteiger partial charge on any atom is -0.352 e. The van der Waals surface area contributed by atoms with Crippen LogP contribution in [0.25, 0.3) is 0 Å². The summed E-state index contributed by atoms with van der Waals surface area (Å²) in [5, 5.41) is 3.15. The molecule has 0 aromatic carbocycles. The van der Waals surface area contributed by atoms with Crippen molar-refractivity contribution in [1.82, 2.24) is 10.2 Å². The number of hydrogen-bond donors (Lipinski definition) is 2. The van der Waals surface area contributed by atoms with Crippen molar-refractivity contribution in [2.75, 3.05) is 19.6 Å². The van der Waals surface area contributed by atoms with Gasteiger partial charge in [-0.3, -0.25) is 9.69 Å². The summed E-state index contributed by atoms with van der Waals surface area (Å²) < 4.78 is 0. The second-order valence-electron chi connectivity index (χ2n) is 5.95. The van der Waals surface area contributed by atoms with Crippen molar-refractivity contribution in [2.45, 2.75) is 59.0 Å². The van der Waals surface area contributed by atoms with Crippen LogP contribution >= 0.6 is 0 Å². The summed E-state index contributed by atoms with van der Waals surface area (Å²) in [6.07, 6.45) is 3.14.